The molecule has 1 unspecified atom stereocenters. The first kappa shape index (κ1) is 18.6. The topological polar surface area (TPSA) is 58.2 Å². The van der Waals surface area contributed by atoms with E-state index in [0.29, 0.717) is 11.6 Å². The fourth-order valence-electron chi connectivity index (χ4n) is 2.27. The monoisotopic (exact) mass is 346 g/mol. The van der Waals surface area contributed by atoms with Gasteiger partial charge in [-0.05, 0) is 37.1 Å². The van der Waals surface area contributed by atoms with E-state index < -0.39 is 29.5 Å². The van der Waals surface area contributed by atoms with Crippen molar-refractivity contribution in [2.45, 2.75) is 26.8 Å². The summed E-state index contributed by atoms with van der Waals surface area (Å²) < 4.78 is 26.6. The molecule has 2 rings (SSSR count). The molecule has 132 valence electrons. The minimum absolute atomic E-state index is 0.137. The number of halogens is 2. The lowest BCUT2D eigenvalue weighted by Crippen LogP contribution is -2.47. The normalized spacial score (nSPS) is 11.9. The quantitative estimate of drug-likeness (QED) is 0.868. The molecule has 0 aromatic heterocycles. The molecule has 0 heterocycles. The third kappa shape index (κ3) is 4.86. The Balaban J connectivity index is 2.12. The van der Waals surface area contributed by atoms with Crippen molar-refractivity contribution < 1.29 is 18.4 Å². The molecule has 2 amide bonds. The highest BCUT2D eigenvalue weighted by Crippen LogP contribution is 2.16. The summed E-state index contributed by atoms with van der Waals surface area (Å²) in [5.41, 5.74) is 1.31. The van der Waals surface area contributed by atoms with Gasteiger partial charge in [0.1, 0.15) is 17.7 Å². The molecule has 0 aliphatic heterocycles. The van der Waals surface area contributed by atoms with Crippen LogP contribution in [0.15, 0.2) is 42.5 Å². The van der Waals surface area contributed by atoms with Crippen LogP contribution in [-0.4, -0.2) is 17.9 Å². The molecule has 0 aliphatic rings. The first-order chi connectivity index (χ1) is 11.8. The first-order valence-corrected chi connectivity index (χ1v) is 7.91. The predicted molar refractivity (Wildman–Crippen MR) is 92.3 cm³/mol. The second-order valence-electron chi connectivity index (χ2n) is 6.17. The standard InChI is InChI=1S/C19H20F2N2O2/c1-11(2)17(23-18(24)13-6-4-12(3)5-7-13)19(25)22-16-9-8-14(20)10-15(16)21/h4-11,17H,1-3H3,(H,22,25)(H,23,24). The average molecular weight is 346 g/mol. The van der Waals surface area contributed by atoms with Gasteiger partial charge in [0, 0.05) is 11.6 Å². The summed E-state index contributed by atoms with van der Waals surface area (Å²) in [6.45, 7) is 5.44. The van der Waals surface area contributed by atoms with Crippen LogP contribution in [0, 0.1) is 24.5 Å². The van der Waals surface area contributed by atoms with Crippen LogP contribution in [0.2, 0.25) is 0 Å². The number of nitrogens with one attached hydrogen (secondary N) is 2. The molecule has 2 N–H and O–H groups in total. The zero-order valence-corrected chi connectivity index (χ0v) is 14.3. The maximum Gasteiger partial charge on any atom is 0.251 e. The van der Waals surface area contributed by atoms with Gasteiger partial charge in [-0.2, -0.15) is 0 Å². The lowest BCUT2D eigenvalue weighted by Gasteiger charge is -2.22. The number of rotatable bonds is 5. The maximum absolute atomic E-state index is 13.7. The summed E-state index contributed by atoms with van der Waals surface area (Å²) in [7, 11) is 0. The van der Waals surface area contributed by atoms with Gasteiger partial charge >= 0.3 is 0 Å². The molecule has 6 heteroatoms. The van der Waals surface area contributed by atoms with E-state index in [9.17, 15) is 18.4 Å². The fourth-order valence-corrected chi connectivity index (χ4v) is 2.27. The largest absolute Gasteiger partial charge is 0.340 e. The molecular weight excluding hydrogens is 326 g/mol. The van der Waals surface area contributed by atoms with E-state index >= 15 is 0 Å². The molecular formula is C19H20F2N2O2. The highest BCUT2D eigenvalue weighted by Gasteiger charge is 2.25. The lowest BCUT2D eigenvalue weighted by molar-refractivity contribution is -0.118. The van der Waals surface area contributed by atoms with Crippen LogP contribution < -0.4 is 10.6 Å². The van der Waals surface area contributed by atoms with Crippen molar-refractivity contribution in [1.82, 2.24) is 5.32 Å². The van der Waals surface area contributed by atoms with E-state index in [1.807, 2.05) is 6.92 Å². The summed E-state index contributed by atoms with van der Waals surface area (Å²) in [5, 5.41) is 5.05. The SMILES string of the molecule is Cc1ccc(C(=O)NC(C(=O)Nc2ccc(F)cc2F)C(C)C)cc1. The summed E-state index contributed by atoms with van der Waals surface area (Å²) in [4.78, 5) is 24.8. The zero-order chi connectivity index (χ0) is 18.6. The van der Waals surface area contributed by atoms with Gasteiger partial charge in [0.05, 0.1) is 5.69 Å². The Hall–Kier alpha value is -2.76. The summed E-state index contributed by atoms with van der Waals surface area (Å²) >= 11 is 0. The maximum atomic E-state index is 13.7. The number of hydrogen-bond donors (Lipinski definition) is 2. The van der Waals surface area contributed by atoms with Crippen LogP contribution in [0.4, 0.5) is 14.5 Å². The Morgan fingerprint density at radius 1 is 1.00 bits per heavy atom. The highest BCUT2D eigenvalue weighted by molar-refractivity contribution is 6.01. The Kier molecular flexibility index (Phi) is 5.85. The lowest BCUT2D eigenvalue weighted by atomic mass is 10.0. The fraction of sp³-hybridized carbons (Fsp3) is 0.263. The second-order valence-corrected chi connectivity index (χ2v) is 6.17. The van der Waals surface area contributed by atoms with Crippen LogP contribution in [0.25, 0.3) is 0 Å². The summed E-state index contributed by atoms with van der Waals surface area (Å²) in [5.74, 6) is -2.79. The van der Waals surface area contributed by atoms with Crippen LogP contribution in [0.1, 0.15) is 29.8 Å². The number of benzene rings is 2. The molecule has 2 aromatic rings. The molecule has 4 nitrogen and oxygen atoms in total. The number of anilines is 1. The van der Waals surface area contributed by atoms with Crippen molar-refractivity contribution in [3.05, 3.63) is 65.2 Å². The number of carbonyl (C=O) groups is 2. The molecule has 1 atom stereocenters. The molecule has 0 spiro atoms. The van der Waals surface area contributed by atoms with Gasteiger partial charge in [0.15, 0.2) is 0 Å². The minimum atomic E-state index is -0.874. The van der Waals surface area contributed by atoms with E-state index in [4.69, 9.17) is 0 Å². The highest BCUT2D eigenvalue weighted by atomic mass is 19.1. The van der Waals surface area contributed by atoms with Crippen LogP contribution in [0.5, 0.6) is 0 Å². The third-order valence-electron chi connectivity index (χ3n) is 3.74. The van der Waals surface area contributed by atoms with E-state index in [2.05, 4.69) is 10.6 Å². The van der Waals surface area contributed by atoms with Gasteiger partial charge in [0.25, 0.3) is 5.91 Å². The van der Waals surface area contributed by atoms with Crippen LogP contribution in [-0.2, 0) is 4.79 Å². The molecule has 0 saturated heterocycles. The number of amides is 2. The Bertz CT molecular complexity index is 773. The van der Waals surface area contributed by atoms with Crippen molar-refractivity contribution in [3.63, 3.8) is 0 Å². The molecule has 0 aliphatic carbocycles. The zero-order valence-electron chi connectivity index (χ0n) is 14.3. The molecule has 0 saturated carbocycles. The first-order valence-electron chi connectivity index (χ1n) is 7.91. The van der Waals surface area contributed by atoms with E-state index in [1.165, 1.54) is 0 Å². The molecule has 25 heavy (non-hydrogen) atoms. The number of hydrogen-bond acceptors (Lipinski definition) is 2. The summed E-state index contributed by atoms with van der Waals surface area (Å²) in [6, 6.07) is 8.94. The van der Waals surface area contributed by atoms with Gasteiger partial charge in [-0.1, -0.05) is 31.5 Å². The van der Waals surface area contributed by atoms with Crippen molar-refractivity contribution in [2.75, 3.05) is 5.32 Å². The number of carbonyl (C=O) groups excluding carboxylic acids is 2. The number of aryl methyl sites for hydroxylation is 1. The molecule has 0 bridgehead atoms. The van der Waals surface area contributed by atoms with Gasteiger partial charge in [0.2, 0.25) is 5.91 Å². The van der Waals surface area contributed by atoms with Gasteiger partial charge in [-0.3, -0.25) is 9.59 Å². The van der Waals surface area contributed by atoms with Crippen LogP contribution >= 0.6 is 0 Å². The van der Waals surface area contributed by atoms with Crippen LogP contribution in [0.3, 0.4) is 0 Å². The third-order valence-corrected chi connectivity index (χ3v) is 3.74. The minimum Gasteiger partial charge on any atom is -0.340 e. The molecule has 0 radical (unpaired) electrons. The Morgan fingerprint density at radius 2 is 1.64 bits per heavy atom. The summed E-state index contributed by atoms with van der Waals surface area (Å²) in [6.07, 6.45) is 0. The van der Waals surface area contributed by atoms with Crippen molar-refractivity contribution in [1.29, 1.82) is 0 Å². The Morgan fingerprint density at radius 3 is 2.20 bits per heavy atom. The predicted octanol–water partition coefficient (Wildman–Crippen LogP) is 3.67. The van der Waals surface area contributed by atoms with Gasteiger partial charge in [-0.15, -0.1) is 0 Å². The smallest absolute Gasteiger partial charge is 0.251 e. The van der Waals surface area contributed by atoms with E-state index in [1.54, 1.807) is 38.1 Å². The van der Waals surface area contributed by atoms with Gasteiger partial charge in [-0.25, -0.2) is 8.78 Å². The van der Waals surface area contributed by atoms with Gasteiger partial charge < -0.3 is 10.6 Å². The molecule has 2 aromatic carbocycles. The average Bonchev–Trinajstić information content (AvgIpc) is 2.55. The van der Waals surface area contributed by atoms with E-state index in [0.717, 1.165) is 17.7 Å². The van der Waals surface area contributed by atoms with Crippen molar-refractivity contribution >= 4 is 17.5 Å². The Labute approximate surface area is 145 Å². The second kappa shape index (κ2) is 7.88. The van der Waals surface area contributed by atoms with Crippen molar-refractivity contribution in [2.24, 2.45) is 5.92 Å². The molecule has 0 fully saturated rings. The van der Waals surface area contributed by atoms with Crippen molar-refractivity contribution in [3.8, 4) is 0 Å². The van der Waals surface area contributed by atoms with E-state index in [-0.39, 0.29) is 11.6 Å².